The van der Waals surface area contributed by atoms with Gasteiger partial charge in [0.1, 0.15) is 6.61 Å². The number of aromatic nitrogens is 2. The van der Waals surface area contributed by atoms with E-state index >= 15 is 0 Å². The van der Waals surface area contributed by atoms with Crippen molar-refractivity contribution in [1.82, 2.24) is 9.78 Å². The highest BCUT2D eigenvalue weighted by molar-refractivity contribution is 8.29. The zero-order chi connectivity index (χ0) is 13.3. The molecule has 0 saturated carbocycles. The fourth-order valence-electron chi connectivity index (χ4n) is 1.17. The maximum Gasteiger partial charge on any atom is 0.101 e. The lowest BCUT2D eigenvalue weighted by atomic mass is 10.3. The molecule has 0 amide bonds. The van der Waals surface area contributed by atoms with Gasteiger partial charge >= 0.3 is 0 Å². The van der Waals surface area contributed by atoms with Crippen molar-refractivity contribution in [3.63, 3.8) is 0 Å². The highest BCUT2D eigenvalue weighted by atomic mass is 32.3. The lowest BCUT2D eigenvalue weighted by Gasteiger charge is -2.43. The SMILES string of the molecule is Cn1nc(CO)cc1COS(C)(C)C(C)(C)C. The monoisotopic (exact) mass is 260 g/mol. The minimum Gasteiger partial charge on any atom is -0.390 e. The zero-order valence-corrected chi connectivity index (χ0v) is 12.5. The molecule has 0 radical (unpaired) electrons. The van der Waals surface area contributed by atoms with E-state index in [1.807, 2.05) is 13.1 Å². The van der Waals surface area contributed by atoms with Crippen molar-refractivity contribution in [2.75, 3.05) is 12.5 Å². The third-order valence-corrected chi connectivity index (χ3v) is 6.82. The predicted octanol–water partition coefficient (Wildman–Crippen LogP) is 2.21. The molecular weight excluding hydrogens is 236 g/mol. The maximum atomic E-state index is 9.02. The molecular formula is C12H24N2O2S. The average molecular weight is 260 g/mol. The van der Waals surface area contributed by atoms with E-state index in [0.717, 1.165) is 5.69 Å². The molecule has 1 N–H and O–H groups in total. The van der Waals surface area contributed by atoms with Crippen LogP contribution in [0.2, 0.25) is 0 Å². The van der Waals surface area contributed by atoms with E-state index < -0.39 is 10.3 Å². The van der Waals surface area contributed by atoms with Crippen LogP contribution in [0.1, 0.15) is 32.2 Å². The summed E-state index contributed by atoms with van der Waals surface area (Å²) in [4.78, 5) is 0. The first-order valence-electron chi connectivity index (χ1n) is 5.67. The standard InChI is InChI=1S/C12H24N2O2S/c1-12(2,3)17(5,6)16-9-11-7-10(8-15)13-14(11)4/h7,15H,8-9H2,1-6H3. The van der Waals surface area contributed by atoms with E-state index in [9.17, 15) is 0 Å². The molecule has 0 aliphatic carbocycles. The fourth-order valence-corrected chi connectivity index (χ4v) is 1.94. The molecule has 1 heterocycles. The maximum absolute atomic E-state index is 9.02. The van der Waals surface area contributed by atoms with Gasteiger partial charge in [-0.1, -0.05) is 20.8 Å². The van der Waals surface area contributed by atoms with E-state index in [-0.39, 0.29) is 11.4 Å². The lowest BCUT2D eigenvalue weighted by molar-refractivity contribution is 0.275. The van der Waals surface area contributed by atoms with Gasteiger partial charge in [0.05, 0.1) is 18.0 Å². The molecule has 0 saturated heterocycles. The van der Waals surface area contributed by atoms with Gasteiger partial charge in [0.2, 0.25) is 0 Å². The fraction of sp³-hybridized carbons (Fsp3) is 0.750. The Labute approximate surface area is 105 Å². The number of hydrogen-bond acceptors (Lipinski definition) is 3. The average Bonchev–Trinajstić information content (AvgIpc) is 2.55. The Bertz CT molecular complexity index is 380. The van der Waals surface area contributed by atoms with Crippen molar-refractivity contribution in [3.05, 3.63) is 17.5 Å². The van der Waals surface area contributed by atoms with Crippen LogP contribution in [0.3, 0.4) is 0 Å². The predicted molar refractivity (Wildman–Crippen MR) is 73.1 cm³/mol. The zero-order valence-electron chi connectivity index (χ0n) is 11.6. The minimum atomic E-state index is -1.11. The van der Waals surface area contributed by atoms with Crippen LogP contribution >= 0.6 is 10.3 Å². The smallest absolute Gasteiger partial charge is 0.101 e. The molecule has 1 aromatic rings. The van der Waals surface area contributed by atoms with E-state index in [2.05, 4.69) is 38.4 Å². The highest BCUT2D eigenvalue weighted by Gasteiger charge is 2.29. The molecule has 1 aromatic heterocycles. The summed E-state index contributed by atoms with van der Waals surface area (Å²) < 4.78 is 7.99. The molecule has 0 aliphatic rings. The molecule has 0 bridgehead atoms. The Balaban J connectivity index is 2.70. The quantitative estimate of drug-likeness (QED) is 0.903. The first kappa shape index (κ1) is 14.5. The van der Waals surface area contributed by atoms with Crippen molar-refractivity contribution in [3.8, 4) is 0 Å². The lowest BCUT2D eigenvalue weighted by Crippen LogP contribution is -2.25. The highest BCUT2D eigenvalue weighted by Crippen LogP contribution is 2.54. The van der Waals surface area contributed by atoms with Crippen molar-refractivity contribution in [2.45, 2.75) is 38.7 Å². The summed E-state index contributed by atoms with van der Waals surface area (Å²) >= 11 is 0. The van der Waals surface area contributed by atoms with Gasteiger partial charge in [0, 0.05) is 11.8 Å². The van der Waals surface area contributed by atoms with Crippen molar-refractivity contribution >= 4 is 10.3 Å². The van der Waals surface area contributed by atoms with Gasteiger partial charge in [-0.05, 0) is 18.6 Å². The van der Waals surface area contributed by atoms with E-state index in [1.54, 1.807) is 4.68 Å². The summed E-state index contributed by atoms with van der Waals surface area (Å²) in [6.45, 7) is 7.12. The summed E-state index contributed by atoms with van der Waals surface area (Å²) in [7, 11) is 0.759. The van der Waals surface area contributed by atoms with Crippen LogP contribution < -0.4 is 0 Å². The van der Waals surface area contributed by atoms with Gasteiger partial charge in [0.25, 0.3) is 0 Å². The first-order chi connectivity index (χ1) is 7.67. The number of hydrogen-bond donors (Lipinski definition) is 1. The molecule has 0 unspecified atom stereocenters. The van der Waals surface area contributed by atoms with Gasteiger partial charge in [-0.2, -0.15) is 5.10 Å². The molecule has 0 fully saturated rings. The molecule has 5 heteroatoms. The van der Waals surface area contributed by atoms with Gasteiger partial charge < -0.3 is 9.29 Å². The van der Waals surface area contributed by atoms with Crippen LogP contribution in [0, 0.1) is 0 Å². The van der Waals surface area contributed by atoms with Crippen LogP contribution in [0.5, 0.6) is 0 Å². The number of nitrogens with zero attached hydrogens (tertiary/aromatic N) is 2. The Kier molecular flexibility index (Phi) is 4.28. The molecule has 4 nitrogen and oxygen atoms in total. The third kappa shape index (κ3) is 3.47. The molecule has 0 aliphatic heterocycles. The van der Waals surface area contributed by atoms with Gasteiger partial charge in [-0.25, -0.2) is 0 Å². The van der Waals surface area contributed by atoms with E-state index in [4.69, 9.17) is 9.29 Å². The molecule has 0 spiro atoms. The minimum absolute atomic E-state index is 0.0244. The van der Waals surface area contributed by atoms with Crippen LogP contribution in [0.4, 0.5) is 0 Å². The molecule has 0 aromatic carbocycles. The van der Waals surface area contributed by atoms with Crippen LogP contribution in [-0.2, 0) is 24.4 Å². The van der Waals surface area contributed by atoms with Gasteiger partial charge in [-0.3, -0.25) is 4.68 Å². The van der Waals surface area contributed by atoms with E-state index in [0.29, 0.717) is 12.3 Å². The summed E-state index contributed by atoms with van der Waals surface area (Å²) in [6, 6.07) is 1.89. The molecule has 1 rings (SSSR count). The number of aryl methyl sites for hydroxylation is 1. The summed E-state index contributed by atoms with van der Waals surface area (Å²) in [5, 5.41) is 13.2. The summed E-state index contributed by atoms with van der Waals surface area (Å²) in [6.07, 6.45) is 4.35. The first-order valence-corrected chi connectivity index (χ1v) is 8.05. The van der Waals surface area contributed by atoms with Crippen molar-refractivity contribution in [2.24, 2.45) is 7.05 Å². The number of rotatable bonds is 4. The normalized spacial score (nSPS) is 14.1. The van der Waals surface area contributed by atoms with Crippen LogP contribution in [0.25, 0.3) is 0 Å². The Morgan fingerprint density at radius 2 is 2.00 bits per heavy atom. The third-order valence-electron chi connectivity index (χ3n) is 3.17. The second-order valence-electron chi connectivity index (χ2n) is 5.52. The van der Waals surface area contributed by atoms with Crippen LogP contribution in [0.15, 0.2) is 6.07 Å². The second-order valence-corrected chi connectivity index (χ2v) is 9.44. The molecule has 17 heavy (non-hydrogen) atoms. The summed E-state index contributed by atoms with van der Waals surface area (Å²) in [5.41, 5.74) is 1.69. The van der Waals surface area contributed by atoms with E-state index in [1.165, 1.54) is 0 Å². The second kappa shape index (κ2) is 5.00. The largest absolute Gasteiger partial charge is 0.390 e. The van der Waals surface area contributed by atoms with Gasteiger partial charge in [0.15, 0.2) is 0 Å². The Morgan fingerprint density at radius 3 is 2.41 bits per heavy atom. The molecule has 0 atom stereocenters. The number of aliphatic hydroxyl groups is 1. The van der Waals surface area contributed by atoms with Crippen LogP contribution in [-0.4, -0.2) is 32.1 Å². The summed E-state index contributed by atoms with van der Waals surface area (Å²) in [5.74, 6) is 0. The molecule has 100 valence electrons. The van der Waals surface area contributed by atoms with Gasteiger partial charge in [-0.15, -0.1) is 10.3 Å². The van der Waals surface area contributed by atoms with Crippen molar-refractivity contribution < 1.29 is 9.29 Å². The number of aliphatic hydroxyl groups excluding tert-OH is 1. The Morgan fingerprint density at radius 1 is 1.41 bits per heavy atom. The van der Waals surface area contributed by atoms with Crippen molar-refractivity contribution in [1.29, 1.82) is 0 Å². The Hall–Kier alpha value is -0.520. The topological polar surface area (TPSA) is 47.3 Å².